The molecule has 4 aromatic rings. The lowest BCUT2D eigenvalue weighted by Crippen LogP contribution is -2.14. The molecule has 160 valence electrons. The highest BCUT2D eigenvalue weighted by atomic mass is 16.1. The van der Waals surface area contributed by atoms with E-state index in [1.54, 1.807) is 6.33 Å². The number of aromatic nitrogens is 3. The van der Waals surface area contributed by atoms with Crippen LogP contribution in [0.5, 0.6) is 0 Å². The van der Waals surface area contributed by atoms with E-state index < -0.39 is 0 Å². The summed E-state index contributed by atoms with van der Waals surface area (Å²) in [4.78, 5) is 21.3. The molecule has 0 spiro atoms. The summed E-state index contributed by atoms with van der Waals surface area (Å²) >= 11 is 0. The van der Waals surface area contributed by atoms with Crippen molar-refractivity contribution in [3.05, 3.63) is 76.7 Å². The van der Waals surface area contributed by atoms with Gasteiger partial charge >= 0.3 is 0 Å². The number of nitrogens with zero attached hydrogens (tertiary/aromatic N) is 3. The van der Waals surface area contributed by atoms with E-state index in [-0.39, 0.29) is 5.91 Å². The fraction of sp³-hybridized carbons (Fsp3) is 0.269. The minimum absolute atomic E-state index is 0.000599. The highest BCUT2D eigenvalue weighted by molar-refractivity contribution is 5.93. The van der Waals surface area contributed by atoms with Crippen molar-refractivity contribution >= 4 is 28.4 Å². The normalized spacial score (nSPS) is 14.5. The van der Waals surface area contributed by atoms with Crippen molar-refractivity contribution < 1.29 is 4.79 Å². The molecule has 1 amide bonds. The maximum atomic E-state index is 12.6. The highest BCUT2D eigenvalue weighted by Gasteiger charge is 2.25. The number of nitrogens with one attached hydrogen (secondary N) is 1. The van der Waals surface area contributed by atoms with Gasteiger partial charge in [-0.15, -0.1) is 0 Å². The Morgan fingerprint density at radius 2 is 1.78 bits per heavy atom. The van der Waals surface area contributed by atoms with E-state index in [0.29, 0.717) is 12.2 Å². The molecule has 0 fully saturated rings. The van der Waals surface area contributed by atoms with Gasteiger partial charge in [0.15, 0.2) is 5.82 Å². The number of hydrogen-bond acceptors (Lipinski definition) is 4. The maximum absolute atomic E-state index is 12.6. The molecular formula is C26H25N5O. The highest BCUT2D eigenvalue weighted by Crippen LogP contribution is 2.36. The van der Waals surface area contributed by atoms with Gasteiger partial charge in [0.2, 0.25) is 5.91 Å². The van der Waals surface area contributed by atoms with Crippen LogP contribution < -0.4 is 11.1 Å². The van der Waals surface area contributed by atoms with Gasteiger partial charge in [-0.25, -0.2) is 9.97 Å². The number of fused-ring (bicyclic) bond motifs is 4. The van der Waals surface area contributed by atoms with E-state index in [0.717, 1.165) is 60.1 Å². The number of hydrogen-bond donors (Lipinski definition) is 2. The molecular weight excluding hydrogens is 398 g/mol. The summed E-state index contributed by atoms with van der Waals surface area (Å²) in [6.45, 7) is 0. The summed E-state index contributed by atoms with van der Waals surface area (Å²) in [5, 5.41) is 3.05. The number of carbonyl (C=O) groups is 1. The van der Waals surface area contributed by atoms with E-state index in [1.165, 1.54) is 28.8 Å². The lowest BCUT2D eigenvalue weighted by molar-refractivity contribution is -0.115. The lowest BCUT2D eigenvalue weighted by Gasteiger charge is -2.12. The fourth-order valence-electron chi connectivity index (χ4n) is 5.29. The number of benzene rings is 2. The zero-order valence-corrected chi connectivity index (χ0v) is 17.9. The molecule has 2 aromatic heterocycles. The molecule has 2 heterocycles. The third kappa shape index (κ3) is 3.14. The van der Waals surface area contributed by atoms with Crippen LogP contribution in [0.2, 0.25) is 0 Å². The molecule has 6 rings (SSSR count). The Labute approximate surface area is 186 Å². The quantitative estimate of drug-likeness (QED) is 0.516. The van der Waals surface area contributed by atoms with E-state index in [2.05, 4.69) is 44.1 Å². The van der Waals surface area contributed by atoms with Gasteiger partial charge in [-0.1, -0.05) is 18.2 Å². The molecule has 0 bridgehead atoms. The lowest BCUT2D eigenvalue weighted by atomic mass is 10.1. The third-order valence-electron chi connectivity index (χ3n) is 6.76. The molecule has 2 aliphatic carbocycles. The molecule has 6 nitrogen and oxygen atoms in total. The number of amides is 1. The topological polar surface area (TPSA) is 85.8 Å². The van der Waals surface area contributed by atoms with Crippen molar-refractivity contribution in [2.75, 3.05) is 11.1 Å². The molecule has 0 saturated heterocycles. The standard InChI is InChI=1S/C26H25N5O/c27-26-25-24(28-15-29-26)21-5-2-6-22(21)31(25)20-11-7-16(8-12-20)13-23(32)30-19-10-9-17-3-1-4-18(17)14-19/h7-12,14-15H,1-6,13H2,(H,30,32)(H2,27,28,29). The number of nitrogens with two attached hydrogens (primary N) is 1. The Morgan fingerprint density at radius 3 is 2.66 bits per heavy atom. The average Bonchev–Trinajstić information content (AvgIpc) is 3.50. The van der Waals surface area contributed by atoms with Crippen molar-refractivity contribution in [2.24, 2.45) is 0 Å². The minimum Gasteiger partial charge on any atom is -0.382 e. The second-order valence-corrected chi connectivity index (χ2v) is 8.80. The number of aryl methyl sites for hydroxylation is 3. The summed E-state index contributed by atoms with van der Waals surface area (Å²) in [5.74, 6) is 0.503. The van der Waals surface area contributed by atoms with Gasteiger partial charge in [0, 0.05) is 17.1 Å². The minimum atomic E-state index is 0.000599. The first-order valence-electron chi connectivity index (χ1n) is 11.3. The molecule has 0 radical (unpaired) electrons. The Hall–Kier alpha value is -3.67. The van der Waals surface area contributed by atoms with Crippen LogP contribution in [0, 0.1) is 0 Å². The summed E-state index contributed by atoms with van der Waals surface area (Å²) in [6.07, 6.45) is 8.51. The molecule has 32 heavy (non-hydrogen) atoms. The first kappa shape index (κ1) is 19.0. The van der Waals surface area contributed by atoms with Crippen molar-refractivity contribution in [3.8, 4) is 5.69 Å². The number of anilines is 2. The van der Waals surface area contributed by atoms with E-state index in [9.17, 15) is 4.79 Å². The van der Waals surface area contributed by atoms with E-state index in [1.807, 2.05) is 18.2 Å². The van der Waals surface area contributed by atoms with Gasteiger partial charge in [0.1, 0.15) is 11.8 Å². The monoisotopic (exact) mass is 423 g/mol. The number of nitrogen functional groups attached to an aromatic ring is 1. The van der Waals surface area contributed by atoms with Crippen LogP contribution in [0.1, 0.15) is 40.8 Å². The summed E-state index contributed by atoms with van der Waals surface area (Å²) in [7, 11) is 0. The van der Waals surface area contributed by atoms with Crippen molar-refractivity contribution in [2.45, 2.75) is 44.9 Å². The smallest absolute Gasteiger partial charge is 0.228 e. The van der Waals surface area contributed by atoms with Crippen molar-refractivity contribution in [1.82, 2.24) is 14.5 Å². The van der Waals surface area contributed by atoms with E-state index in [4.69, 9.17) is 5.73 Å². The first-order valence-corrected chi connectivity index (χ1v) is 11.3. The molecule has 0 atom stereocenters. The molecule has 2 aromatic carbocycles. The molecule has 0 aliphatic heterocycles. The largest absolute Gasteiger partial charge is 0.382 e. The van der Waals surface area contributed by atoms with Gasteiger partial charge in [-0.05, 0) is 85.0 Å². The Kier molecular flexibility index (Phi) is 4.45. The maximum Gasteiger partial charge on any atom is 0.228 e. The number of rotatable bonds is 4. The van der Waals surface area contributed by atoms with Gasteiger partial charge in [0.05, 0.1) is 11.9 Å². The second-order valence-electron chi connectivity index (χ2n) is 8.80. The predicted molar refractivity (Wildman–Crippen MR) is 126 cm³/mol. The third-order valence-corrected chi connectivity index (χ3v) is 6.76. The average molecular weight is 424 g/mol. The van der Waals surface area contributed by atoms with E-state index >= 15 is 0 Å². The zero-order valence-electron chi connectivity index (χ0n) is 17.9. The van der Waals surface area contributed by atoms with Crippen LogP contribution in [-0.2, 0) is 36.9 Å². The van der Waals surface area contributed by atoms with Gasteiger partial charge in [0.25, 0.3) is 0 Å². The summed E-state index contributed by atoms with van der Waals surface area (Å²) < 4.78 is 2.20. The first-order chi connectivity index (χ1) is 15.7. The Morgan fingerprint density at radius 1 is 0.969 bits per heavy atom. The number of carbonyl (C=O) groups excluding carboxylic acids is 1. The van der Waals surface area contributed by atoms with Crippen molar-refractivity contribution in [1.29, 1.82) is 0 Å². The fourth-order valence-corrected chi connectivity index (χ4v) is 5.29. The molecule has 0 saturated carbocycles. The Bertz CT molecular complexity index is 1350. The van der Waals surface area contributed by atoms with Crippen LogP contribution >= 0.6 is 0 Å². The van der Waals surface area contributed by atoms with Gasteiger partial charge in [-0.3, -0.25) is 4.79 Å². The van der Waals surface area contributed by atoms with Crippen LogP contribution in [0.25, 0.3) is 16.7 Å². The zero-order chi connectivity index (χ0) is 21.7. The van der Waals surface area contributed by atoms with Crippen LogP contribution in [0.15, 0.2) is 48.8 Å². The van der Waals surface area contributed by atoms with Crippen molar-refractivity contribution in [3.63, 3.8) is 0 Å². The second kappa shape index (κ2) is 7.48. The Balaban J connectivity index is 1.24. The predicted octanol–water partition coefficient (Wildman–Crippen LogP) is 4.16. The SMILES string of the molecule is Nc1ncnc2c3c(n(-c4ccc(CC(=O)Nc5ccc6c(c5)CCC6)cc4)c12)CCC3. The molecule has 0 unspecified atom stereocenters. The summed E-state index contributed by atoms with van der Waals surface area (Å²) in [5.41, 5.74) is 16.3. The van der Waals surface area contributed by atoms with Crippen LogP contribution in [-0.4, -0.2) is 20.4 Å². The van der Waals surface area contributed by atoms with Gasteiger partial charge in [-0.2, -0.15) is 0 Å². The molecule has 3 N–H and O–H groups in total. The summed E-state index contributed by atoms with van der Waals surface area (Å²) in [6, 6.07) is 14.4. The molecule has 6 heteroatoms. The van der Waals surface area contributed by atoms with Crippen LogP contribution in [0.4, 0.5) is 11.5 Å². The van der Waals surface area contributed by atoms with Gasteiger partial charge < -0.3 is 15.6 Å². The van der Waals surface area contributed by atoms with Crippen LogP contribution in [0.3, 0.4) is 0 Å². The molecule has 2 aliphatic rings.